The summed E-state index contributed by atoms with van der Waals surface area (Å²) in [4.78, 5) is 0. The average molecular weight is 217 g/mol. The summed E-state index contributed by atoms with van der Waals surface area (Å²) in [6.45, 7) is 2.08. The Hall–Kier alpha value is -1.81. The molecule has 0 amide bonds. The molecule has 0 fully saturated rings. The lowest BCUT2D eigenvalue weighted by atomic mass is 10.1. The number of nitrogens with zero attached hydrogens (tertiary/aromatic N) is 1. The molecule has 1 aromatic heterocycles. The number of nitrogens with one attached hydrogen (secondary N) is 2. The maximum Gasteiger partial charge on any atom is 0.0701 e. The summed E-state index contributed by atoms with van der Waals surface area (Å²) < 4.78 is 0. The monoisotopic (exact) mass is 217 g/mol. The zero-order valence-corrected chi connectivity index (χ0v) is 9.14. The molecule has 0 spiro atoms. The van der Waals surface area contributed by atoms with Crippen LogP contribution in [0.2, 0.25) is 0 Å². The minimum atomic E-state index is 0.0405. The van der Waals surface area contributed by atoms with E-state index in [9.17, 15) is 5.11 Å². The van der Waals surface area contributed by atoms with Crippen LogP contribution in [0.25, 0.3) is 0 Å². The molecular formula is C12H15N3O. The number of rotatable bonds is 4. The Kier molecular flexibility index (Phi) is 3.22. The van der Waals surface area contributed by atoms with Gasteiger partial charge in [0.2, 0.25) is 0 Å². The number of benzene rings is 1. The van der Waals surface area contributed by atoms with Crippen LogP contribution in [0.4, 0.5) is 5.69 Å². The topological polar surface area (TPSA) is 60.9 Å². The third-order valence-corrected chi connectivity index (χ3v) is 2.55. The van der Waals surface area contributed by atoms with Crippen molar-refractivity contribution in [3.8, 4) is 0 Å². The van der Waals surface area contributed by atoms with Gasteiger partial charge in [-0.15, -0.1) is 0 Å². The predicted molar refractivity (Wildman–Crippen MR) is 63.0 cm³/mol. The third kappa shape index (κ3) is 2.23. The van der Waals surface area contributed by atoms with Crippen molar-refractivity contribution in [1.29, 1.82) is 0 Å². The van der Waals surface area contributed by atoms with Gasteiger partial charge in [-0.05, 0) is 19.1 Å². The highest BCUT2D eigenvalue weighted by Gasteiger charge is 2.08. The minimum Gasteiger partial charge on any atom is -0.392 e. The van der Waals surface area contributed by atoms with Crippen molar-refractivity contribution in [2.75, 3.05) is 5.32 Å². The molecule has 0 aliphatic rings. The van der Waals surface area contributed by atoms with E-state index in [1.807, 2.05) is 37.3 Å². The number of aliphatic hydroxyl groups is 1. The maximum atomic E-state index is 9.20. The van der Waals surface area contributed by atoms with Crippen molar-refractivity contribution in [3.63, 3.8) is 0 Å². The van der Waals surface area contributed by atoms with E-state index in [0.29, 0.717) is 0 Å². The molecule has 1 aromatic carbocycles. The molecule has 4 heteroatoms. The second-order valence-corrected chi connectivity index (χ2v) is 3.69. The molecule has 84 valence electrons. The van der Waals surface area contributed by atoms with Gasteiger partial charge in [0, 0.05) is 17.4 Å². The van der Waals surface area contributed by atoms with Gasteiger partial charge >= 0.3 is 0 Å². The summed E-state index contributed by atoms with van der Waals surface area (Å²) >= 11 is 0. The van der Waals surface area contributed by atoms with Gasteiger partial charge in [0.25, 0.3) is 0 Å². The Morgan fingerprint density at radius 2 is 2.19 bits per heavy atom. The lowest BCUT2D eigenvalue weighted by Crippen LogP contribution is -2.08. The van der Waals surface area contributed by atoms with Gasteiger partial charge in [0.1, 0.15) is 0 Å². The first-order valence-corrected chi connectivity index (χ1v) is 5.26. The fourth-order valence-electron chi connectivity index (χ4n) is 1.62. The van der Waals surface area contributed by atoms with E-state index in [-0.39, 0.29) is 12.6 Å². The van der Waals surface area contributed by atoms with Crippen LogP contribution in [-0.4, -0.2) is 15.3 Å². The Balaban J connectivity index is 2.14. The van der Waals surface area contributed by atoms with E-state index in [0.717, 1.165) is 16.9 Å². The number of aromatic nitrogens is 2. The van der Waals surface area contributed by atoms with Gasteiger partial charge in [0.15, 0.2) is 0 Å². The van der Waals surface area contributed by atoms with Gasteiger partial charge in [-0.1, -0.05) is 18.2 Å². The highest BCUT2D eigenvalue weighted by molar-refractivity contribution is 5.51. The van der Waals surface area contributed by atoms with Crippen LogP contribution in [0.1, 0.15) is 24.2 Å². The highest BCUT2D eigenvalue weighted by Crippen LogP contribution is 2.20. The van der Waals surface area contributed by atoms with E-state index in [4.69, 9.17) is 0 Å². The van der Waals surface area contributed by atoms with Crippen molar-refractivity contribution in [1.82, 2.24) is 10.2 Å². The van der Waals surface area contributed by atoms with Crippen LogP contribution in [-0.2, 0) is 6.61 Å². The normalized spacial score (nSPS) is 12.4. The molecule has 0 bridgehead atoms. The van der Waals surface area contributed by atoms with Crippen LogP contribution in [0.3, 0.4) is 0 Å². The third-order valence-electron chi connectivity index (χ3n) is 2.55. The summed E-state index contributed by atoms with van der Waals surface area (Å²) in [5.74, 6) is 0. The Labute approximate surface area is 94.3 Å². The molecule has 1 unspecified atom stereocenters. The number of anilines is 1. The molecular weight excluding hydrogens is 202 g/mol. The summed E-state index contributed by atoms with van der Waals surface area (Å²) in [5.41, 5.74) is 2.87. The van der Waals surface area contributed by atoms with Crippen molar-refractivity contribution in [2.24, 2.45) is 0 Å². The van der Waals surface area contributed by atoms with E-state index in [2.05, 4.69) is 15.5 Å². The number of aliphatic hydroxyl groups excluding tert-OH is 1. The molecule has 2 aromatic rings. The van der Waals surface area contributed by atoms with Gasteiger partial charge in [-0.2, -0.15) is 5.10 Å². The Morgan fingerprint density at radius 3 is 2.88 bits per heavy atom. The fourth-order valence-corrected chi connectivity index (χ4v) is 1.62. The zero-order valence-electron chi connectivity index (χ0n) is 9.14. The molecule has 4 nitrogen and oxygen atoms in total. The van der Waals surface area contributed by atoms with Crippen molar-refractivity contribution >= 4 is 5.69 Å². The number of hydrogen-bond acceptors (Lipinski definition) is 3. The fraction of sp³-hybridized carbons (Fsp3) is 0.250. The predicted octanol–water partition coefficient (Wildman–Crippen LogP) is 2.08. The first kappa shape index (κ1) is 10.7. The first-order valence-electron chi connectivity index (χ1n) is 5.26. The molecule has 2 rings (SSSR count). The molecule has 0 saturated heterocycles. The molecule has 0 aliphatic heterocycles. The molecule has 0 aliphatic carbocycles. The Bertz CT molecular complexity index is 439. The van der Waals surface area contributed by atoms with E-state index in [1.54, 1.807) is 6.20 Å². The maximum absolute atomic E-state index is 9.20. The summed E-state index contributed by atoms with van der Waals surface area (Å²) in [7, 11) is 0. The van der Waals surface area contributed by atoms with Gasteiger partial charge in [0.05, 0.1) is 18.3 Å². The average Bonchev–Trinajstić information content (AvgIpc) is 2.83. The van der Waals surface area contributed by atoms with Gasteiger partial charge in [-0.25, -0.2) is 0 Å². The van der Waals surface area contributed by atoms with E-state index >= 15 is 0 Å². The minimum absolute atomic E-state index is 0.0405. The van der Waals surface area contributed by atoms with Crippen LogP contribution >= 0.6 is 0 Å². The molecule has 1 atom stereocenters. The summed E-state index contributed by atoms with van der Waals surface area (Å²) in [5, 5.41) is 19.4. The van der Waals surface area contributed by atoms with Gasteiger partial charge in [-0.3, -0.25) is 5.10 Å². The summed E-state index contributed by atoms with van der Waals surface area (Å²) in [6, 6.07) is 9.79. The Morgan fingerprint density at radius 1 is 1.38 bits per heavy atom. The molecule has 16 heavy (non-hydrogen) atoms. The smallest absolute Gasteiger partial charge is 0.0701 e. The number of hydrogen-bond donors (Lipinski definition) is 3. The van der Waals surface area contributed by atoms with Crippen LogP contribution in [0, 0.1) is 0 Å². The molecule has 1 heterocycles. The number of H-pyrrole nitrogens is 1. The number of aromatic amines is 1. The van der Waals surface area contributed by atoms with Gasteiger partial charge < -0.3 is 10.4 Å². The first-order chi connectivity index (χ1) is 7.81. The molecule has 3 N–H and O–H groups in total. The molecule has 0 saturated carbocycles. The quantitative estimate of drug-likeness (QED) is 0.734. The zero-order chi connectivity index (χ0) is 11.4. The SMILES string of the molecule is CC(Nc1ccccc1CO)c1ccn[nH]1. The molecule has 0 radical (unpaired) electrons. The number of para-hydroxylation sites is 1. The van der Waals surface area contributed by atoms with E-state index < -0.39 is 0 Å². The largest absolute Gasteiger partial charge is 0.392 e. The lowest BCUT2D eigenvalue weighted by Gasteiger charge is -2.16. The summed E-state index contributed by atoms with van der Waals surface area (Å²) in [6.07, 6.45) is 1.73. The lowest BCUT2D eigenvalue weighted by molar-refractivity contribution is 0.282. The van der Waals surface area contributed by atoms with Crippen LogP contribution in [0.15, 0.2) is 36.5 Å². The van der Waals surface area contributed by atoms with Crippen LogP contribution < -0.4 is 5.32 Å². The van der Waals surface area contributed by atoms with Crippen molar-refractivity contribution < 1.29 is 5.11 Å². The standard InChI is InChI=1S/C12H15N3O/c1-9(11-6-7-13-15-11)14-12-5-3-2-4-10(12)8-16/h2-7,9,14,16H,8H2,1H3,(H,13,15). The van der Waals surface area contributed by atoms with Crippen LogP contribution in [0.5, 0.6) is 0 Å². The van der Waals surface area contributed by atoms with E-state index in [1.165, 1.54) is 0 Å². The second-order valence-electron chi connectivity index (χ2n) is 3.69. The van der Waals surface area contributed by atoms with Crippen molar-refractivity contribution in [3.05, 3.63) is 47.8 Å². The van der Waals surface area contributed by atoms with Crippen molar-refractivity contribution in [2.45, 2.75) is 19.6 Å². The second kappa shape index (κ2) is 4.81. The highest BCUT2D eigenvalue weighted by atomic mass is 16.3.